The van der Waals surface area contributed by atoms with Crippen molar-refractivity contribution < 1.29 is 4.39 Å². The molecular formula is C23H20FIN4. The Morgan fingerprint density at radius 1 is 1.03 bits per heavy atom. The van der Waals surface area contributed by atoms with Crippen LogP contribution in [0.5, 0.6) is 0 Å². The molecule has 0 radical (unpaired) electrons. The smallest absolute Gasteiger partial charge is 0.149 e. The molecule has 4 nitrogen and oxygen atoms in total. The largest absolute Gasteiger partial charge is 0.337 e. The molecule has 0 atom stereocenters. The van der Waals surface area contributed by atoms with Crippen molar-refractivity contribution in [3.63, 3.8) is 0 Å². The highest BCUT2D eigenvalue weighted by Crippen LogP contribution is 2.30. The summed E-state index contributed by atoms with van der Waals surface area (Å²) in [6, 6.07) is 13.5. The number of pyridine rings is 1. The lowest BCUT2D eigenvalue weighted by Crippen LogP contribution is -1.99. The number of fused-ring (bicyclic) bond motifs is 1. The fourth-order valence-electron chi connectivity index (χ4n) is 3.34. The van der Waals surface area contributed by atoms with E-state index in [9.17, 15) is 4.39 Å². The van der Waals surface area contributed by atoms with Gasteiger partial charge in [-0.3, -0.25) is 4.98 Å². The van der Waals surface area contributed by atoms with Gasteiger partial charge in [-0.15, -0.1) is 0 Å². The van der Waals surface area contributed by atoms with Crippen LogP contribution >= 0.6 is 22.6 Å². The normalized spacial score (nSPS) is 11.0. The van der Waals surface area contributed by atoms with Gasteiger partial charge in [0.1, 0.15) is 18.0 Å². The van der Waals surface area contributed by atoms with Crippen LogP contribution in [0.15, 0.2) is 55.0 Å². The van der Waals surface area contributed by atoms with Crippen LogP contribution in [0.2, 0.25) is 0 Å². The Balaban J connectivity index is 1.79. The summed E-state index contributed by atoms with van der Waals surface area (Å²) in [5.41, 5.74) is 6.24. The zero-order valence-electron chi connectivity index (χ0n) is 16.2. The summed E-state index contributed by atoms with van der Waals surface area (Å²) >= 11 is 2.37. The number of anilines is 2. The van der Waals surface area contributed by atoms with Gasteiger partial charge in [0.05, 0.1) is 11.2 Å². The van der Waals surface area contributed by atoms with Crippen molar-refractivity contribution >= 4 is 45.0 Å². The molecule has 4 aromatic rings. The van der Waals surface area contributed by atoms with Gasteiger partial charge in [0.25, 0.3) is 0 Å². The van der Waals surface area contributed by atoms with Gasteiger partial charge in [-0.1, -0.05) is 47.7 Å². The first-order chi connectivity index (χ1) is 14.1. The second-order valence-electron chi connectivity index (χ2n) is 6.83. The van der Waals surface area contributed by atoms with Crippen molar-refractivity contribution in [2.45, 2.75) is 24.7 Å². The summed E-state index contributed by atoms with van der Waals surface area (Å²) in [7, 11) is 0. The molecule has 0 saturated carbocycles. The summed E-state index contributed by atoms with van der Waals surface area (Å²) in [4.78, 5) is 13.4. The molecule has 0 aliphatic rings. The van der Waals surface area contributed by atoms with Crippen LogP contribution in [-0.2, 0) is 10.8 Å². The summed E-state index contributed by atoms with van der Waals surface area (Å²) in [5.74, 6) is 0.301. The van der Waals surface area contributed by atoms with E-state index >= 15 is 0 Å². The molecule has 146 valence electrons. The third-order valence-corrected chi connectivity index (χ3v) is 5.77. The van der Waals surface area contributed by atoms with E-state index in [0.717, 1.165) is 38.6 Å². The fourth-order valence-corrected chi connectivity index (χ4v) is 4.00. The molecule has 6 heteroatoms. The molecule has 0 aliphatic carbocycles. The lowest BCUT2D eigenvalue weighted by Gasteiger charge is -2.12. The zero-order valence-corrected chi connectivity index (χ0v) is 18.4. The van der Waals surface area contributed by atoms with Gasteiger partial charge in [0, 0.05) is 27.3 Å². The molecule has 0 amide bonds. The summed E-state index contributed by atoms with van der Waals surface area (Å²) in [5, 5.41) is 3.97. The number of nitrogens with zero attached hydrogens (tertiary/aromatic N) is 3. The fraction of sp³-hybridized carbons (Fsp3) is 0.174. The Hall–Kier alpha value is -2.61. The number of aryl methyl sites for hydroxylation is 2. The summed E-state index contributed by atoms with van der Waals surface area (Å²) < 4.78 is 15.4. The number of aromatic nitrogens is 3. The molecule has 0 saturated heterocycles. The molecule has 0 spiro atoms. The van der Waals surface area contributed by atoms with Crippen LogP contribution in [0.4, 0.5) is 15.9 Å². The Labute approximate surface area is 182 Å². The summed E-state index contributed by atoms with van der Waals surface area (Å²) in [6.45, 7) is 3.86. The third kappa shape index (κ3) is 3.94. The minimum absolute atomic E-state index is 0.276. The summed E-state index contributed by atoms with van der Waals surface area (Å²) in [6.07, 6.45) is 4.32. The first kappa shape index (κ1) is 19.7. The van der Waals surface area contributed by atoms with Crippen LogP contribution in [0.1, 0.15) is 23.7 Å². The maximum Gasteiger partial charge on any atom is 0.149 e. The molecular weight excluding hydrogens is 478 g/mol. The minimum Gasteiger partial charge on any atom is -0.337 e. The Kier molecular flexibility index (Phi) is 5.71. The lowest BCUT2D eigenvalue weighted by molar-refractivity contribution is 0.622. The highest BCUT2D eigenvalue weighted by molar-refractivity contribution is 14.1. The molecule has 0 bridgehead atoms. The van der Waals surface area contributed by atoms with Crippen molar-refractivity contribution in [2.24, 2.45) is 0 Å². The maximum absolute atomic E-state index is 14.5. The van der Waals surface area contributed by atoms with E-state index < -0.39 is 0 Å². The number of nitrogens with one attached hydrogen (secondary N) is 1. The molecule has 2 aromatic heterocycles. The SMILES string of the molecule is CCc1ncc(-c2ccc3ncnc(Nc4cccc(C)c4F)c3c2)cc1CI. The standard InChI is InChI=1S/C23H20FIN4/c1-3-19-16(11-25)9-17(12-26-19)15-7-8-20-18(10-15)23(28-13-27-20)29-21-6-4-5-14(2)22(21)24/h4-10,12-13H,3,11H2,1-2H3,(H,27,28,29). The molecule has 2 heterocycles. The second kappa shape index (κ2) is 8.41. The predicted octanol–water partition coefficient (Wildman–Crippen LogP) is 6.38. The molecule has 4 rings (SSSR count). The maximum atomic E-state index is 14.5. The first-order valence-electron chi connectivity index (χ1n) is 9.41. The number of rotatable bonds is 5. The van der Waals surface area contributed by atoms with E-state index in [1.807, 2.05) is 30.5 Å². The van der Waals surface area contributed by atoms with Crippen molar-refractivity contribution in [1.29, 1.82) is 0 Å². The highest BCUT2D eigenvalue weighted by Gasteiger charge is 2.11. The van der Waals surface area contributed by atoms with Crippen LogP contribution < -0.4 is 5.32 Å². The third-order valence-electron chi connectivity index (χ3n) is 4.95. The van der Waals surface area contributed by atoms with Crippen molar-refractivity contribution in [2.75, 3.05) is 5.32 Å². The Morgan fingerprint density at radius 2 is 1.90 bits per heavy atom. The number of benzene rings is 2. The van der Waals surface area contributed by atoms with Crippen molar-refractivity contribution in [3.8, 4) is 11.1 Å². The number of hydrogen-bond donors (Lipinski definition) is 1. The van der Waals surface area contributed by atoms with Gasteiger partial charge < -0.3 is 5.32 Å². The van der Waals surface area contributed by atoms with Gasteiger partial charge in [0.2, 0.25) is 0 Å². The quantitative estimate of drug-likeness (QED) is 0.256. The first-order valence-corrected chi connectivity index (χ1v) is 10.9. The molecule has 0 aliphatic heterocycles. The molecule has 0 unspecified atom stereocenters. The van der Waals surface area contributed by atoms with Crippen LogP contribution in [0.25, 0.3) is 22.0 Å². The number of hydrogen-bond acceptors (Lipinski definition) is 4. The average molecular weight is 498 g/mol. The van der Waals surface area contributed by atoms with Gasteiger partial charge in [0.15, 0.2) is 0 Å². The van der Waals surface area contributed by atoms with E-state index in [4.69, 9.17) is 0 Å². The van der Waals surface area contributed by atoms with E-state index in [-0.39, 0.29) is 5.82 Å². The van der Waals surface area contributed by atoms with Gasteiger partial charge in [-0.2, -0.15) is 0 Å². The monoisotopic (exact) mass is 498 g/mol. The van der Waals surface area contributed by atoms with E-state index in [1.54, 1.807) is 19.1 Å². The zero-order chi connectivity index (χ0) is 20.4. The van der Waals surface area contributed by atoms with Crippen LogP contribution in [-0.4, -0.2) is 15.0 Å². The topological polar surface area (TPSA) is 50.7 Å². The molecule has 0 fully saturated rings. The van der Waals surface area contributed by atoms with Crippen LogP contribution in [0, 0.1) is 12.7 Å². The Morgan fingerprint density at radius 3 is 2.69 bits per heavy atom. The van der Waals surface area contributed by atoms with Crippen LogP contribution in [0.3, 0.4) is 0 Å². The van der Waals surface area contributed by atoms with E-state index in [0.29, 0.717) is 17.1 Å². The van der Waals surface area contributed by atoms with Gasteiger partial charge in [-0.25, -0.2) is 14.4 Å². The minimum atomic E-state index is -0.276. The predicted molar refractivity (Wildman–Crippen MR) is 124 cm³/mol. The van der Waals surface area contributed by atoms with Crippen molar-refractivity contribution in [1.82, 2.24) is 15.0 Å². The number of halogens is 2. The molecule has 2 aromatic carbocycles. The lowest BCUT2D eigenvalue weighted by atomic mass is 10.0. The van der Waals surface area contributed by atoms with Crippen molar-refractivity contribution in [3.05, 3.63) is 77.6 Å². The molecule has 1 N–H and O–H groups in total. The second-order valence-corrected chi connectivity index (χ2v) is 7.60. The average Bonchev–Trinajstić information content (AvgIpc) is 2.76. The van der Waals surface area contributed by atoms with E-state index in [2.05, 4.69) is 55.8 Å². The van der Waals surface area contributed by atoms with Gasteiger partial charge in [-0.05, 0) is 54.3 Å². The highest BCUT2D eigenvalue weighted by atomic mass is 127. The Bertz CT molecular complexity index is 1190. The molecule has 29 heavy (non-hydrogen) atoms. The van der Waals surface area contributed by atoms with Gasteiger partial charge >= 0.3 is 0 Å². The van der Waals surface area contributed by atoms with E-state index in [1.165, 1.54) is 11.9 Å². The number of alkyl halides is 1.